The summed E-state index contributed by atoms with van der Waals surface area (Å²) in [5, 5.41) is 17.6. The minimum Gasteiger partial charge on any atom is -0.507 e. The first-order valence-corrected chi connectivity index (χ1v) is 7.30. The summed E-state index contributed by atoms with van der Waals surface area (Å²) in [6, 6.07) is 5.24. The molecule has 0 unspecified atom stereocenters. The lowest BCUT2D eigenvalue weighted by Crippen LogP contribution is -1.95. The maximum atomic E-state index is 10.3. The van der Waals surface area contributed by atoms with Gasteiger partial charge in [0.2, 0.25) is 0 Å². The number of hydrogen-bond acceptors (Lipinski definition) is 5. The van der Waals surface area contributed by atoms with E-state index in [4.69, 9.17) is 4.74 Å². The first kappa shape index (κ1) is 13.6. The van der Waals surface area contributed by atoms with Gasteiger partial charge >= 0.3 is 0 Å². The highest BCUT2D eigenvalue weighted by Gasteiger charge is 2.18. The number of phenols is 1. The number of phenolic OH excluding ortho intramolecular Hbond substituents is 1. The van der Waals surface area contributed by atoms with Gasteiger partial charge < -0.3 is 9.84 Å². The molecular formula is C15H15N3O2S. The Morgan fingerprint density at radius 3 is 2.71 bits per heavy atom. The smallest absolute Gasteiger partial charge is 0.128 e. The van der Waals surface area contributed by atoms with E-state index >= 15 is 0 Å². The van der Waals surface area contributed by atoms with E-state index in [1.165, 1.54) is 0 Å². The molecule has 1 aromatic carbocycles. The number of aromatic nitrogens is 3. The largest absolute Gasteiger partial charge is 0.507 e. The molecule has 2 aromatic heterocycles. The van der Waals surface area contributed by atoms with Crippen molar-refractivity contribution >= 4 is 11.3 Å². The molecule has 0 aliphatic rings. The number of benzene rings is 1. The Bertz CT molecular complexity index is 792. The third kappa shape index (κ3) is 2.38. The lowest BCUT2D eigenvalue weighted by Gasteiger charge is -2.09. The Labute approximate surface area is 126 Å². The van der Waals surface area contributed by atoms with Crippen molar-refractivity contribution in [2.24, 2.45) is 7.05 Å². The van der Waals surface area contributed by atoms with E-state index in [-0.39, 0.29) is 5.75 Å². The fourth-order valence-electron chi connectivity index (χ4n) is 2.27. The van der Waals surface area contributed by atoms with Crippen LogP contribution in [0.4, 0.5) is 0 Å². The van der Waals surface area contributed by atoms with Crippen LogP contribution in [0.1, 0.15) is 5.01 Å². The van der Waals surface area contributed by atoms with E-state index in [1.54, 1.807) is 35.4 Å². The van der Waals surface area contributed by atoms with E-state index in [2.05, 4.69) is 10.1 Å². The summed E-state index contributed by atoms with van der Waals surface area (Å²) in [5.74, 6) is 0.774. The SMILES string of the molecule is COc1ccc(-c2c(-c3csc(C)n3)cnn2C)c(O)c1. The van der Waals surface area contributed by atoms with Gasteiger partial charge in [0.25, 0.3) is 0 Å². The van der Waals surface area contributed by atoms with Crippen LogP contribution in [0, 0.1) is 6.92 Å². The van der Waals surface area contributed by atoms with Crippen LogP contribution in [0.2, 0.25) is 0 Å². The topological polar surface area (TPSA) is 60.2 Å². The van der Waals surface area contributed by atoms with Crippen LogP contribution in [0.3, 0.4) is 0 Å². The van der Waals surface area contributed by atoms with Crippen molar-refractivity contribution in [2.45, 2.75) is 6.92 Å². The maximum absolute atomic E-state index is 10.3. The van der Waals surface area contributed by atoms with Crippen LogP contribution in [0.5, 0.6) is 11.5 Å². The molecule has 0 atom stereocenters. The summed E-state index contributed by atoms with van der Waals surface area (Å²) < 4.78 is 6.86. The number of hydrogen-bond donors (Lipinski definition) is 1. The van der Waals surface area contributed by atoms with Gasteiger partial charge in [-0.1, -0.05) is 0 Å². The van der Waals surface area contributed by atoms with Crippen LogP contribution in [-0.4, -0.2) is 27.0 Å². The average Bonchev–Trinajstić information content (AvgIpc) is 3.05. The van der Waals surface area contributed by atoms with Gasteiger partial charge in [-0.25, -0.2) is 4.98 Å². The van der Waals surface area contributed by atoms with Crippen LogP contribution in [-0.2, 0) is 7.05 Å². The molecule has 1 N–H and O–H groups in total. The van der Waals surface area contributed by atoms with Crippen LogP contribution in [0.15, 0.2) is 29.8 Å². The summed E-state index contributed by atoms with van der Waals surface area (Å²) in [7, 11) is 3.42. The van der Waals surface area contributed by atoms with Gasteiger partial charge in [-0.05, 0) is 19.1 Å². The van der Waals surface area contributed by atoms with E-state index in [0.29, 0.717) is 11.3 Å². The van der Waals surface area contributed by atoms with Gasteiger partial charge in [0.15, 0.2) is 0 Å². The highest BCUT2D eigenvalue weighted by molar-refractivity contribution is 7.09. The molecule has 0 spiro atoms. The zero-order chi connectivity index (χ0) is 15.0. The minimum atomic E-state index is 0.158. The molecule has 0 fully saturated rings. The van der Waals surface area contributed by atoms with Gasteiger partial charge in [0.1, 0.15) is 11.5 Å². The molecule has 0 saturated heterocycles. The molecule has 2 heterocycles. The Balaban J connectivity index is 2.17. The number of aromatic hydroxyl groups is 1. The first-order chi connectivity index (χ1) is 10.1. The van der Waals surface area contributed by atoms with Crippen molar-refractivity contribution in [3.63, 3.8) is 0 Å². The minimum absolute atomic E-state index is 0.158. The number of ether oxygens (including phenoxy) is 1. The zero-order valence-corrected chi connectivity index (χ0v) is 12.8. The van der Waals surface area contributed by atoms with Crippen LogP contribution in [0.25, 0.3) is 22.5 Å². The van der Waals surface area contributed by atoms with E-state index in [0.717, 1.165) is 22.0 Å². The summed E-state index contributed by atoms with van der Waals surface area (Å²) in [6.07, 6.45) is 1.77. The second-order valence-electron chi connectivity index (χ2n) is 4.67. The van der Waals surface area contributed by atoms with Crippen molar-refractivity contribution in [1.82, 2.24) is 14.8 Å². The fraction of sp³-hybridized carbons (Fsp3) is 0.200. The number of nitrogens with zero attached hydrogens (tertiary/aromatic N) is 3. The van der Waals surface area contributed by atoms with Crippen LogP contribution >= 0.6 is 11.3 Å². The monoisotopic (exact) mass is 301 g/mol. The molecule has 0 aliphatic carbocycles. The molecule has 21 heavy (non-hydrogen) atoms. The molecule has 3 rings (SSSR count). The summed E-state index contributed by atoms with van der Waals surface area (Å²) >= 11 is 1.59. The number of methoxy groups -OCH3 is 1. The molecule has 3 aromatic rings. The highest BCUT2D eigenvalue weighted by Crippen LogP contribution is 2.38. The molecule has 108 valence electrons. The average molecular weight is 301 g/mol. The Hall–Kier alpha value is -2.34. The first-order valence-electron chi connectivity index (χ1n) is 6.42. The van der Waals surface area contributed by atoms with Crippen molar-refractivity contribution < 1.29 is 9.84 Å². The number of aryl methyl sites for hydroxylation is 2. The highest BCUT2D eigenvalue weighted by atomic mass is 32.1. The van der Waals surface area contributed by atoms with E-state index in [1.807, 2.05) is 31.5 Å². The van der Waals surface area contributed by atoms with Gasteiger partial charge in [0, 0.05) is 29.6 Å². The van der Waals surface area contributed by atoms with Crippen molar-refractivity contribution in [3.8, 4) is 34.0 Å². The third-order valence-electron chi connectivity index (χ3n) is 3.29. The molecule has 5 nitrogen and oxygen atoms in total. The van der Waals surface area contributed by atoms with E-state index in [9.17, 15) is 5.11 Å². The zero-order valence-electron chi connectivity index (χ0n) is 12.0. The number of thiazole rings is 1. The third-order valence-corrected chi connectivity index (χ3v) is 4.07. The molecule has 0 amide bonds. The quantitative estimate of drug-likeness (QED) is 0.807. The van der Waals surface area contributed by atoms with Crippen LogP contribution < -0.4 is 4.74 Å². The summed E-state index contributed by atoms with van der Waals surface area (Å²) in [6.45, 7) is 1.97. The Morgan fingerprint density at radius 2 is 2.10 bits per heavy atom. The predicted octanol–water partition coefficient (Wildman–Crippen LogP) is 3.23. The molecular weight excluding hydrogens is 286 g/mol. The predicted molar refractivity (Wildman–Crippen MR) is 82.7 cm³/mol. The number of rotatable bonds is 3. The van der Waals surface area contributed by atoms with Crippen molar-refractivity contribution in [3.05, 3.63) is 34.8 Å². The molecule has 0 radical (unpaired) electrons. The lowest BCUT2D eigenvalue weighted by atomic mass is 10.0. The van der Waals surface area contributed by atoms with Crippen molar-refractivity contribution in [2.75, 3.05) is 7.11 Å². The van der Waals surface area contributed by atoms with Gasteiger partial charge in [-0.3, -0.25) is 4.68 Å². The molecule has 0 saturated carbocycles. The second kappa shape index (κ2) is 5.21. The molecule has 6 heteroatoms. The van der Waals surface area contributed by atoms with Gasteiger partial charge in [-0.15, -0.1) is 11.3 Å². The normalized spacial score (nSPS) is 10.8. The van der Waals surface area contributed by atoms with Crippen molar-refractivity contribution in [1.29, 1.82) is 0 Å². The Kier molecular flexibility index (Phi) is 3.39. The summed E-state index contributed by atoms with van der Waals surface area (Å²) in [4.78, 5) is 4.50. The maximum Gasteiger partial charge on any atom is 0.128 e. The second-order valence-corrected chi connectivity index (χ2v) is 5.73. The Morgan fingerprint density at radius 1 is 1.29 bits per heavy atom. The van der Waals surface area contributed by atoms with E-state index < -0.39 is 0 Å². The molecule has 0 aliphatic heterocycles. The molecule has 0 bridgehead atoms. The van der Waals surface area contributed by atoms with Gasteiger partial charge in [-0.2, -0.15) is 5.10 Å². The summed E-state index contributed by atoms with van der Waals surface area (Å²) in [5.41, 5.74) is 3.31. The lowest BCUT2D eigenvalue weighted by molar-refractivity contribution is 0.408. The van der Waals surface area contributed by atoms with Gasteiger partial charge in [0.05, 0.1) is 29.7 Å². The fourth-order valence-corrected chi connectivity index (χ4v) is 2.88. The standard InChI is InChI=1S/C15H15N3O2S/c1-9-17-13(8-21-9)12-7-16-18(2)15(12)11-5-4-10(20-3)6-14(11)19/h4-8,19H,1-3H3.